The van der Waals surface area contributed by atoms with Gasteiger partial charge in [0.25, 0.3) is 5.91 Å². The fraction of sp³-hybridized carbons (Fsp3) is 0.556. The minimum Gasteiger partial charge on any atom is -0.392 e. The molecule has 3 heterocycles. The van der Waals surface area contributed by atoms with Crippen molar-refractivity contribution in [3.05, 3.63) is 29.8 Å². The summed E-state index contributed by atoms with van der Waals surface area (Å²) in [5, 5.41) is 24.2. The van der Waals surface area contributed by atoms with Gasteiger partial charge in [-0.3, -0.25) is 4.79 Å². The number of likely N-dealkylation sites (N-methyl/N-ethyl adjacent to an activating group) is 1. The second kappa shape index (κ2) is 6.77. The second-order valence-corrected chi connectivity index (χ2v) is 7.63. The molecule has 2 aliphatic rings. The van der Waals surface area contributed by atoms with Gasteiger partial charge in [0, 0.05) is 31.7 Å². The van der Waals surface area contributed by atoms with E-state index in [1.54, 1.807) is 0 Å². The van der Waals surface area contributed by atoms with Crippen LogP contribution in [0.4, 0.5) is 0 Å². The molecule has 2 N–H and O–H groups in total. The molecule has 2 fully saturated rings. The lowest BCUT2D eigenvalue weighted by molar-refractivity contribution is -0.0286. The molecule has 4 rings (SSSR count). The number of aromatic nitrogens is 4. The summed E-state index contributed by atoms with van der Waals surface area (Å²) in [6.45, 7) is 3.15. The first-order valence-electron chi connectivity index (χ1n) is 9.05. The van der Waals surface area contributed by atoms with Crippen molar-refractivity contribution >= 4 is 5.91 Å². The molecule has 1 atom stereocenters. The average Bonchev–Trinajstić information content (AvgIpc) is 3.15. The third-order valence-corrected chi connectivity index (χ3v) is 5.65. The number of aliphatic hydroxyl groups is 1. The molecule has 8 heteroatoms. The number of hydrogen-bond acceptors (Lipinski definition) is 6. The minimum atomic E-state index is -0.269. The zero-order chi connectivity index (χ0) is 18.1. The molecule has 1 aromatic carbocycles. The van der Waals surface area contributed by atoms with Crippen molar-refractivity contribution in [2.45, 2.75) is 25.4 Å². The topological polar surface area (TPSA) is 98.2 Å². The van der Waals surface area contributed by atoms with Gasteiger partial charge in [0.05, 0.1) is 11.7 Å². The van der Waals surface area contributed by atoms with Crippen LogP contribution in [0.15, 0.2) is 24.3 Å². The number of nitrogens with zero attached hydrogens (tertiary/aromatic N) is 5. The first kappa shape index (κ1) is 17.1. The van der Waals surface area contributed by atoms with Crippen LogP contribution in [0.5, 0.6) is 0 Å². The predicted octanol–water partition coefficient (Wildman–Crippen LogP) is 0.785. The first-order chi connectivity index (χ1) is 12.6. The third kappa shape index (κ3) is 3.22. The lowest BCUT2D eigenvalue weighted by atomic mass is 9.71. The summed E-state index contributed by atoms with van der Waals surface area (Å²) in [5.41, 5.74) is 1.42. The van der Waals surface area contributed by atoms with E-state index < -0.39 is 0 Å². The van der Waals surface area contributed by atoms with Crippen LogP contribution in [-0.4, -0.2) is 80.8 Å². The number of H-pyrrole nitrogens is 1. The van der Waals surface area contributed by atoms with E-state index in [0.29, 0.717) is 30.0 Å². The van der Waals surface area contributed by atoms with Gasteiger partial charge in [-0.05, 0) is 43.0 Å². The Morgan fingerprint density at radius 2 is 2.08 bits per heavy atom. The number of hydrogen-bond donors (Lipinski definition) is 2. The van der Waals surface area contributed by atoms with Crippen molar-refractivity contribution in [3.8, 4) is 11.4 Å². The molecule has 1 amide bonds. The Kier molecular flexibility index (Phi) is 4.46. The van der Waals surface area contributed by atoms with Crippen LogP contribution in [0, 0.1) is 5.41 Å². The Labute approximate surface area is 152 Å². The van der Waals surface area contributed by atoms with Crippen LogP contribution in [0.3, 0.4) is 0 Å². The number of piperidine rings is 2. The van der Waals surface area contributed by atoms with Gasteiger partial charge in [-0.15, -0.1) is 10.2 Å². The molecule has 2 aliphatic heterocycles. The summed E-state index contributed by atoms with van der Waals surface area (Å²) in [5.74, 6) is 0.435. The van der Waals surface area contributed by atoms with Crippen molar-refractivity contribution in [2.75, 3.05) is 33.2 Å². The lowest BCUT2D eigenvalue weighted by Crippen LogP contribution is -2.53. The Bertz CT molecular complexity index is 758. The Morgan fingerprint density at radius 1 is 1.31 bits per heavy atom. The predicted molar refractivity (Wildman–Crippen MR) is 95.3 cm³/mol. The van der Waals surface area contributed by atoms with Gasteiger partial charge in [-0.1, -0.05) is 18.2 Å². The number of β-amino-alcohol motifs (C(OH)–C–C–N with tert-alkyl or cyclic N) is 1. The molecule has 0 saturated carbocycles. The maximum Gasteiger partial charge on any atom is 0.254 e. The summed E-state index contributed by atoms with van der Waals surface area (Å²) in [7, 11) is 2.06. The molecule has 1 unspecified atom stereocenters. The van der Waals surface area contributed by atoms with E-state index in [1.165, 1.54) is 0 Å². The quantitative estimate of drug-likeness (QED) is 0.825. The number of likely N-dealkylation sites (tertiary alicyclic amines) is 2. The fourth-order valence-electron chi connectivity index (χ4n) is 4.48. The SMILES string of the molecule is CN1CC(O)CC2(CCN(C(=O)c3ccccc3-c3nn[nH]n3)CC2)C1. The highest BCUT2D eigenvalue weighted by Gasteiger charge is 2.41. The number of amides is 1. The first-order valence-corrected chi connectivity index (χ1v) is 9.05. The number of tetrazole rings is 1. The summed E-state index contributed by atoms with van der Waals surface area (Å²) < 4.78 is 0. The maximum absolute atomic E-state index is 13.1. The molecule has 0 radical (unpaired) electrons. The van der Waals surface area contributed by atoms with E-state index in [1.807, 2.05) is 29.2 Å². The number of benzene rings is 1. The number of carbonyl (C=O) groups is 1. The maximum atomic E-state index is 13.1. The number of carbonyl (C=O) groups excluding carboxylic acids is 1. The number of aliphatic hydroxyl groups excluding tert-OH is 1. The van der Waals surface area contributed by atoms with E-state index in [9.17, 15) is 9.90 Å². The molecule has 2 aromatic rings. The van der Waals surface area contributed by atoms with Crippen molar-refractivity contribution in [1.29, 1.82) is 0 Å². The van der Waals surface area contributed by atoms with Gasteiger partial charge in [0.1, 0.15) is 0 Å². The fourth-order valence-corrected chi connectivity index (χ4v) is 4.48. The molecule has 26 heavy (non-hydrogen) atoms. The average molecular weight is 356 g/mol. The van der Waals surface area contributed by atoms with Gasteiger partial charge in [-0.2, -0.15) is 5.21 Å². The summed E-state index contributed by atoms with van der Waals surface area (Å²) in [6.07, 6.45) is 2.41. The monoisotopic (exact) mass is 356 g/mol. The minimum absolute atomic E-state index is 0.00459. The Balaban J connectivity index is 1.50. The second-order valence-electron chi connectivity index (χ2n) is 7.63. The van der Waals surface area contributed by atoms with Gasteiger partial charge < -0.3 is 14.9 Å². The number of nitrogens with one attached hydrogen (secondary N) is 1. The van der Waals surface area contributed by atoms with E-state index in [2.05, 4.69) is 32.6 Å². The highest BCUT2D eigenvalue weighted by atomic mass is 16.3. The summed E-state index contributed by atoms with van der Waals surface area (Å²) >= 11 is 0. The van der Waals surface area contributed by atoms with Crippen LogP contribution >= 0.6 is 0 Å². The van der Waals surface area contributed by atoms with Crippen LogP contribution < -0.4 is 0 Å². The third-order valence-electron chi connectivity index (χ3n) is 5.65. The Hall–Kier alpha value is -2.32. The van der Waals surface area contributed by atoms with Crippen LogP contribution in [-0.2, 0) is 0 Å². The highest BCUT2D eigenvalue weighted by molar-refractivity contribution is 6.00. The molecular weight excluding hydrogens is 332 g/mol. The molecule has 8 nitrogen and oxygen atoms in total. The molecule has 2 saturated heterocycles. The van der Waals surface area contributed by atoms with Gasteiger partial charge in [0.15, 0.2) is 0 Å². The van der Waals surface area contributed by atoms with E-state index in [4.69, 9.17) is 0 Å². The van der Waals surface area contributed by atoms with E-state index >= 15 is 0 Å². The molecule has 1 spiro atoms. The number of rotatable bonds is 2. The molecule has 0 bridgehead atoms. The largest absolute Gasteiger partial charge is 0.392 e. The van der Waals surface area contributed by atoms with Crippen LogP contribution in [0.1, 0.15) is 29.6 Å². The van der Waals surface area contributed by atoms with E-state index in [0.717, 1.165) is 32.4 Å². The van der Waals surface area contributed by atoms with Crippen molar-refractivity contribution in [3.63, 3.8) is 0 Å². The zero-order valence-corrected chi connectivity index (χ0v) is 14.9. The molecule has 1 aromatic heterocycles. The van der Waals surface area contributed by atoms with Crippen LogP contribution in [0.25, 0.3) is 11.4 Å². The van der Waals surface area contributed by atoms with Gasteiger partial charge >= 0.3 is 0 Å². The normalized spacial score (nSPS) is 23.3. The van der Waals surface area contributed by atoms with Crippen molar-refractivity contribution in [1.82, 2.24) is 30.4 Å². The molecule has 0 aliphatic carbocycles. The summed E-state index contributed by atoms with van der Waals surface area (Å²) in [6, 6.07) is 7.38. The Morgan fingerprint density at radius 3 is 2.77 bits per heavy atom. The molecule has 138 valence electrons. The smallest absolute Gasteiger partial charge is 0.254 e. The zero-order valence-electron chi connectivity index (χ0n) is 14.9. The highest BCUT2D eigenvalue weighted by Crippen LogP contribution is 2.40. The summed E-state index contributed by atoms with van der Waals surface area (Å²) in [4.78, 5) is 17.2. The standard InChI is InChI=1S/C18H24N6O2/c1-23-11-13(25)10-18(12-23)6-8-24(9-7-18)17(26)15-5-3-2-4-14(15)16-19-21-22-20-16/h2-5,13,25H,6-12H2,1H3,(H,19,20,21,22). The van der Waals surface area contributed by atoms with Crippen molar-refractivity contribution in [2.24, 2.45) is 5.41 Å². The number of aromatic amines is 1. The van der Waals surface area contributed by atoms with Crippen LogP contribution in [0.2, 0.25) is 0 Å². The van der Waals surface area contributed by atoms with Crippen molar-refractivity contribution < 1.29 is 9.90 Å². The molecular formula is C18H24N6O2. The van der Waals surface area contributed by atoms with Gasteiger partial charge in [0.2, 0.25) is 5.82 Å². The van der Waals surface area contributed by atoms with E-state index in [-0.39, 0.29) is 17.4 Å². The van der Waals surface area contributed by atoms with Gasteiger partial charge in [-0.25, -0.2) is 0 Å². The lowest BCUT2D eigenvalue weighted by Gasteiger charge is -2.48.